The molecule has 0 bridgehead atoms. The number of benzene rings is 2. The summed E-state index contributed by atoms with van der Waals surface area (Å²) in [6, 6.07) is 15.8. The first kappa shape index (κ1) is 23.2. The highest BCUT2D eigenvalue weighted by molar-refractivity contribution is 6.33. The summed E-state index contributed by atoms with van der Waals surface area (Å²) in [5.41, 5.74) is 0.969. The van der Waals surface area contributed by atoms with Crippen LogP contribution in [-0.2, 0) is 4.79 Å². The van der Waals surface area contributed by atoms with Crippen molar-refractivity contribution >= 4 is 23.4 Å². The van der Waals surface area contributed by atoms with E-state index in [0.717, 1.165) is 31.6 Å². The third-order valence-electron chi connectivity index (χ3n) is 6.54. The highest BCUT2D eigenvalue weighted by Gasteiger charge is 2.42. The van der Waals surface area contributed by atoms with Gasteiger partial charge in [-0.15, -0.1) is 0 Å². The van der Waals surface area contributed by atoms with Gasteiger partial charge in [-0.1, -0.05) is 48.0 Å². The lowest BCUT2D eigenvalue weighted by Crippen LogP contribution is -2.35. The van der Waals surface area contributed by atoms with Crippen LogP contribution in [0, 0.1) is 29.0 Å². The maximum absolute atomic E-state index is 14.2. The fraction of sp³-hybridized carbons (Fsp3) is 0.400. The topological polar surface area (TPSA) is 76.4 Å². The molecule has 0 aliphatic carbocycles. The van der Waals surface area contributed by atoms with Gasteiger partial charge in [-0.3, -0.25) is 9.59 Å². The Kier molecular flexibility index (Phi) is 7.26. The van der Waals surface area contributed by atoms with Crippen molar-refractivity contribution in [1.82, 2.24) is 15.1 Å². The number of nitrogens with zero attached hydrogens (tertiary/aromatic N) is 3. The van der Waals surface area contributed by atoms with E-state index in [4.69, 9.17) is 16.9 Å². The molecule has 0 aromatic heterocycles. The maximum atomic E-state index is 14.2. The van der Waals surface area contributed by atoms with Crippen LogP contribution in [0.25, 0.3) is 0 Å². The summed E-state index contributed by atoms with van der Waals surface area (Å²) in [5, 5.41) is 11.9. The number of carbonyl (C=O) groups excluding carboxylic acids is 2. The van der Waals surface area contributed by atoms with Crippen LogP contribution in [0.4, 0.5) is 4.39 Å². The molecule has 0 radical (unpaired) electrons. The minimum absolute atomic E-state index is 0.0465. The van der Waals surface area contributed by atoms with Gasteiger partial charge in [-0.25, -0.2) is 4.39 Å². The predicted octanol–water partition coefficient (Wildman–Crippen LogP) is 3.64. The van der Waals surface area contributed by atoms with Crippen molar-refractivity contribution in [3.63, 3.8) is 0 Å². The minimum Gasteiger partial charge on any atom is -0.348 e. The number of amides is 2. The van der Waals surface area contributed by atoms with Gasteiger partial charge < -0.3 is 15.1 Å². The minimum atomic E-state index is -0.586. The lowest BCUT2D eigenvalue weighted by atomic mass is 10.0. The van der Waals surface area contributed by atoms with Crippen LogP contribution in [0.5, 0.6) is 0 Å². The molecule has 2 unspecified atom stereocenters. The van der Waals surface area contributed by atoms with E-state index in [-0.39, 0.29) is 34.9 Å². The summed E-state index contributed by atoms with van der Waals surface area (Å²) in [4.78, 5) is 29.0. The van der Waals surface area contributed by atoms with Gasteiger partial charge in [-0.2, -0.15) is 5.26 Å². The zero-order valence-electron chi connectivity index (χ0n) is 18.2. The highest BCUT2D eigenvalue weighted by atomic mass is 35.5. The van der Waals surface area contributed by atoms with Crippen molar-refractivity contribution in [2.45, 2.75) is 18.9 Å². The number of hydrogen-bond donors (Lipinski definition) is 1. The smallest absolute Gasteiger partial charge is 0.258 e. The van der Waals surface area contributed by atoms with E-state index >= 15 is 0 Å². The Bertz CT molecular complexity index is 1020. The second kappa shape index (κ2) is 10.3. The molecule has 2 aliphatic heterocycles. The van der Waals surface area contributed by atoms with Crippen LogP contribution < -0.4 is 5.32 Å². The summed E-state index contributed by atoms with van der Waals surface area (Å²) in [6.45, 7) is 3.68. The standard InChI is InChI=1S/C25H26ClFN4O2/c26-20-7-4-8-21(27)24(20)25(33)31-15-18-13-30(14-19(18)16-31)12-10-22(29-23(32)9-11-28)17-5-2-1-3-6-17/h1-8,18-19,22H,9-10,12-16H2,(H,29,32)/t18-,19?,22?/m0/s1. The largest absolute Gasteiger partial charge is 0.348 e. The number of rotatable bonds is 7. The summed E-state index contributed by atoms with van der Waals surface area (Å²) in [7, 11) is 0. The first-order chi connectivity index (χ1) is 16.0. The van der Waals surface area contributed by atoms with E-state index in [1.807, 2.05) is 36.4 Å². The summed E-state index contributed by atoms with van der Waals surface area (Å²) >= 11 is 6.08. The monoisotopic (exact) mass is 468 g/mol. The van der Waals surface area contributed by atoms with E-state index < -0.39 is 5.82 Å². The van der Waals surface area contributed by atoms with E-state index in [0.29, 0.717) is 24.9 Å². The Morgan fingerprint density at radius 1 is 1.09 bits per heavy atom. The van der Waals surface area contributed by atoms with Crippen LogP contribution in [-0.4, -0.2) is 54.3 Å². The first-order valence-electron chi connectivity index (χ1n) is 11.1. The zero-order chi connectivity index (χ0) is 23.4. The normalized spacial score (nSPS) is 20.8. The van der Waals surface area contributed by atoms with Crippen LogP contribution in [0.2, 0.25) is 5.02 Å². The average Bonchev–Trinajstić information content (AvgIpc) is 3.36. The van der Waals surface area contributed by atoms with Gasteiger partial charge in [-0.05, 0) is 36.0 Å². The quantitative estimate of drug-likeness (QED) is 0.673. The molecule has 2 heterocycles. The van der Waals surface area contributed by atoms with Crippen molar-refractivity contribution in [1.29, 1.82) is 5.26 Å². The lowest BCUT2D eigenvalue weighted by Gasteiger charge is -2.25. The molecule has 2 aromatic rings. The molecular formula is C25H26ClFN4O2. The van der Waals surface area contributed by atoms with Gasteiger partial charge in [0.25, 0.3) is 5.91 Å². The number of nitriles is 1. The third kappa shape index (κ3) is 5.35. The molecule has 6 nitrogen and oxygen atoms in total. The summed E-state index contributed by atoms with van der Waals surface area (Å²) < 4.78 is 14.2. The second-order valence-corrected chi connectivity index (χ2v) is 9.15. The van der Waals surface area contributed by atoms with Crippen LogP contribution >= 0.6 is 11.6 Å². The third-order valence-corrected chi connectivity index (χ3v) is 6.85. The second-order valence-electron chi connectivity index (χ2n) is 8.74. The van der Waals surface area contributed by atoms with E-state index in [2.05, 4.69) is 10.2 Å². The van der Waals surface area contributed by atoms with Crippen LogP contribution in [0.3, 0.4) is 0 Å². The van der Waals surface area contributed by atoms with Crippen molar-refractivity contribution in [3.8, 4) is 6.07 Å². The molecule has 1 N–H and O–H groups in total. The summed E-state index contributed by atoms with van der Waals surface area (Å²) in [6.07, 6.45) is 0.571. The highest BCUT2D eigenvalue weighted by Crippen LogP contribution is 2.33. The Morgan fingerprint density at radius 3 is 2.42 bits per heavy atom. The summed E-state index contributed by atoms with van der Waals surface area (Å²) in [5.74, 6) is -0.531. The Hall–Kier alpha value is -2.95. The molecule has 3 atom stereocenters. The molecule has 0 saturated carbocycles. The molecule has 172 valence electrons. The fourth-order valence-corrected chi connectivity index (χ4v) is 5.18. The molecule has 2 saturated heterocycles. The van der Waals surface area contributed by atoms with Crippen LogP contribution in [0.15, 0.2) is 48.5 Å². The van der Waals surface area contributed by atoms with Crippen molar-refractivity contribution in [3.05, 3.63) is 70.5 Å². The Balaban J connectivity index is 1.33. The molecule has 4 rings (SSSR count). The molecule has 2 aromatic carbocycles. The van der Waals surface area contributed by atoms with Crippen molar-refractivity contribution < 1.29 is 14.0 Å². The van der Waals surface area contributed by atoms with Gasteiger partial charge in [0.05, 0.1) is 22.7 Å². The average molecular weight is 469 g/mol. The molecule has 0 spiro atoms. The van der Waals surface area contributed by atoms with E-state index in [1.165, 1.54) is 18.2 Å². The molecule has 2 fully saturated rings. The van der Waals surface area contributed by atoms with Gasteiger partial charge in [0.2, 0.25) is 5.91 Å². The fourth-order valence-electron chi connectivity index (χ4n) is 4.94. The van der Waals surface area contributed by atoms with Crippen molar-refractivity contribution in [2.75, 3.05) is 32.7 Å². The van der Waals surface area contributed by atoms with E-state index in [9.17, 15) is 14.0 Å². The molecule has 2 aliphatic rings. The SMILES string of the molecule is N#CCC(=O)NC(CCN1CC2CN(C(=O)c3c(F)cccc3Cl)C[C@@H]2C1)c1ccccc1. The van der Waals surface area contributed by atoms with E-state index in [1.54, 1.807) is 4.90 Å². The first-order valence-corrected chi connectivity index (χ1v) is 11.5. The lowest BCUT2D eigenvalue weighted by molar-refractivity contribution is -0.120. The zero-order valence-corrected chi connectivity index (χ0v) is 19.0. The molecule has 2 amide bonds. The number of hydrogen-bond acceptors (Lipinski definition) is 4. The maximum Gasteiger partial charge on any atom is 0.258 e. The number of carbonyl (C=O) groups is 2. The van der Waals surface area contributed by atoms with Gasteiger partial charge >= 0.3 is 0 Å². The van der Waals surface area contributed by atoms with Crippen LogP contribution in [0.1, 0.15) is 34.8 Å². The Labute approximate surface area is 197 Å². The van der Waals surface area contributed by atoms with Crippen molar-refractivity contribution in [2.24, 2.45) is 11.8 Å². The number of likely N-dealkylation sites (tertiary alicyclic amines) is 2. The predicted molar refractivity (Wildman–Crippen MR) is 123 cm³/mol. The molecular weight excluding hydrogens is 443 g/mol. The van der Waals surface area contributed by atoms with Gasteiger partial charge in [0, 0.05) is 32.7 Å². The molecule has 33 heavy (non-hydrogen) atoms. The number of fused-ring (bicyclic) bond motifs is 1. The number of nitrogens with one attached hydrogen (secondary N) is 1. The molecule has 8 heteroatoms. The number of halogens is 2. The Morgan fingerprint density at radius 2 is 1.79 bits per heavy atom. The van der Waals surface area contributed by atoms with Gasteiger partial charge in [0.15, 0.2) is 0 Å². The van der Waals surface area contributed by atoms with Gasteiger partial charge in [0.1, 0.15) is 12.2 Å².